The van der Waals surface area contributed by atoms with Crippen LogP contribution >= 0.6 is 23.6 Å². The van der Waals surface area contributed by atoms with Gasteiger partial charge in [-0.15, -0.1) is 11.3 Å². The van der Waals surface area contributed by atoms with Gasteiger partial charge in [0.25, 0.3) is 0 Å². The van der Waals surface area contributed by atoms with Crippen molar-refractivity contribution in [1.29, 1.82) is 0 Å². The number of ether oxygens (including phenoxy) is 1. The van der Waals surface area contributed by atoms with Gasteiger partial charge in [0.1, 0.15) is 5.75 Å². The van der Waals surface area contributed by atoms with Crippen LogP contribution in [0.3, 0.4) is 0 Å². The van der Waals surface area contributed by atoms with Crippen molar-refractivity contribution < 1.29 is 4.74 Å². The minimum atomic E-state index is 0.0370. The van der Waals surface area contributed by atoms with E-state index in [0.717, 1.165) is 23.1 Å². The maximum absolute atomic E-state index is 5.72. The zero-order chi connectivity index (χ0) is 18.8. The Hall–Kier alpha value is -2.44. The predicted molar refractivity (Wildman–Crippen MR) is 113 cm³/mol. The van der Waals surface area contributed by atoms with E-state index in [0.29, 0.717) is 0 Å². The number of pyridine rings is 1. The zero-order valence-electron chi connectivity index (χ0n) is 15.3. The summed E-state index contributed by atoms with van der Waals surface area (Å²) >= 11 is 7.53. The Kier molecular flexibility index (Phi) is 5.09. The molecule has 4 nitrogen and oxygen atoms in total. The molecule has 0 saturated carbocycles. The summed E-state index contributed by atoms with van der Waals surface area (Å²) < 4.78 is 5.27. The van der Waals surface area contributed by atoms with Crippen molar-refractivity contribution in [2.24, 2.45) is 0 Å². The van der Waals surface area contributed by atoms with E-state index in [4.69, 9.17) is 17.0 Å². The number of hydrogen-bond acceptors (Lipinski definition) is 4. The number of thiophene rings is 1. The molecule has 1 aliphatic rings. The molecule has 0 aliphatic carbocycles. The highest BCUT2D eigenvalue weighted by Gasteiger charge is 2.40. The fourth-order valence-corrected chi connectivity index (χ4v) is 4.76. The number of thiocarbonyl (C=S) groups is 1. The number of aromatic nitrogens is 1. The first-order chi connectivity index (χ1) is 13.2. The van der Waals surface area contributed by atoms with Crippen LogP contribution in [0.25, 0.3) is 0 Å². The molecule has 1 aromatic carbocycles. The smallest absolute Gasteiger partial charge is 0.170 e. The Morgan fingerprint density at radius 3 is 2.59 bits per heavy atom. The Morgan fingerprint density at radius 2 is 1.96 bits per heavy atom. The number of rotatable bonds is 5. The molecule has 2 unspecified atom stereocenters. The van der Waals surface area contributed by atoms with E-state index < -0.39 is 0 Å². The quantitative estimate of drug-likeness (QED) is 0.638. The summed E-state index contributed by atoms with van der Waals surface area (Å²) in [6.07, 6.45) is 1.84. The van der Waals surface area contributed by atoms with Crippen LogP contribution in [0.4, 0.5) is 0 Å². The van der Waals surface area contributed by atoms with Crippen molar-refractivity contribution in [1.82, 2.24) is 15.2 Å². The van der Waals surface area contributed by atoms with Crippen LogP contribution in [0.15, 0.2) is 60.8 Å². The summed E-state index contributed by atoms with van der Waals surface area (Å²) in [5, 5.41) is 4.26. The van der Waals surface area contributed by atoms with E-state index in [-0.39, 0.29) is 12.1 Å². The molecule has 1 saturated heterocycles. The molecule has 3 heterocycles. The SMILES string of the molecule is COc1ccc(CN2C(=S)NC(c3ccccn3)C2c2ccc(C)s2)cc1. The van der Waals surface area contributed by atoms with Crippen molar-refractivity contribution in [3.8, 4) is 5.75 Å². The third-order valence-corrected chi connectivity index (χ3v) is 6.19. The molecular weight excluding hydrogens is 374 g/mol. The standard InChI is InChI=1S/C21H21N3OS2/c1-14-6-11-18(27-14)20-19(17-5-3-4-12-22-17)23-21(26)24(20)13-15-7-9-16(25-2)10-8-15/h3-12,19-20H,13H2,1-2H3,(H,23,26). The molecule has 4 rings (SSSR count). The third-order valence-electron chi connectivity index (χ3n) is 4.76. The van der Waals surface area contributed by atoms with Crippen molar-refractivity contribution >= 4 is 28.7 Å². The van der Waals surface area contributed by atoms with E-state index in [1.165, 1.54) is 15.3 Å². The van der Waals surface area contributed by atoms with Gasteiger partial charge in [0.2, 0.25) is 0 Å². The highest BCUT2D eigenvalue weighted by atomic mass is 32.1. The molecule has 138 valence electrons. The van der Waals surface area contributed by atoms with Crippen LogP contribution in [0.2, 0.25) is 0 Å². The normalized spacial score (nSPS) is 19.2. The lowest BCUT2D eigenvalue weighted by Crippen LogP contribution is -2.28. The lowest BCUT2D eigenvalue weighted by molar-refractivity contribution is 0.315. The fraction of sp³-hybridized carbons (Fsp3) is 0.238. The van der Waals surface area contributed by atoms with Crippen LogP contribution in [0, 0.1) is 6.92 Å². The first-order valence-corrected chi connectivity index (χ1v) is 10.1. The summed E-state index contributed by atoms with van der Waals surface area (Å²) in [7, 11) is 1.68. The largest absolute Gasteiger partial charge is 0.497 e. The van der Waals surface area contributed by atoms with Gasteiger partial charge < -0.3 is 15.0 Å². The van der Waals surface area contributed by atoms with Crippen LogP contribution < -0.4 is 10.1 Å². The van der Waals surface area contributed by atoms with Gasteiger partial charge in [0.05, 0.1) is 24.9 Å². The van der Waals surface area contributed by atoms with Crippen molar-refractivity contribution in [3.63, 3.8) is 0 Å². The summed E-state index contributed by atoms with van der Waals surface area (Å²) in [6.45, 7) is 2.87. The van der Waals surface area contributed by atoms with E-state index in [9.17, 15) is 0 Å². The molecule has 27 heavy (non-hydrogen) atoms. The second kappa shape index (κ2) is 7.66. The molecule has 0 amide bonds. The number of hydrogen-bond donors (Lipinski definition) is 1. The van der Waals surface area contributed by atoms with Crippen LogP contribution in [0.5, 0.6) is 5.75 Å². The van der Waals surface area contributed by atoms with Crippen molar-refractivity contribution in [3.05, 3.63) is 81.8 Å². The minimum Gasteiger partial charge on any atom is -0.497 e. The molecule has 3 aromatic rings. The maximum atomic E-state index is 5.72. The van der Waals surface area contributed by atoms with E-state index in [1.807, 2.05) is 41.8 Å². The monoisotopic (exact) mass is 395 g/mol. The minimum absolute atomic E-state index is 0.0370. The van der Waals surface area contributed by atoms with E-state index in [1.54, 1.807) is 7.11 Å². The average molecular weight is 396 g/mol. The van der Waals surface area contributed by atoms with Crippen LogP contribution in [-0.4, -0.2) is 22.1 Å². The molecule has 6 heteroatoms. The van der Waals surface area contributed by atoms with Gasteiger partial charge in [0.15, 0.2) is 5.11 Å². The molecule has 0 bridgehead atoms. The number of nitrogens with one attached hydrogen (secondary N) is 1. The summed E-state index contributed by atoms with van der Waals surface area (Å²) in [5.74, 6) is 0.859. The second-order valence-electron chi connectivity index (χ2n) is 6.55. The number of aryl methyl sites for hydroxylation is 1. The molecule has 1 aliphatic heterocycles. The molecule has 0 spiro atoms. The molecule has 1 N–H and O–H groups in total. The van der Waals surface area contributed by atoms with Gasteiger partial charge in [-0.05, 0) is 61.1 Å². The lowest BCUT2D eigenvalue weighted by atomic mass is 10.0. The third kappa shape index (κ3) is 3.68. The first kappa shape index (κ1) is 17.9. The average Bonchev–Trinajstić information content (AvgIpc) is 3.26. The molecule has 2 aromatic heterocycles. The van der Waals surface area contributed by atoms with Gasteiger partial charge in [-0.25, -0.2) is 0 Å². The lowest BCUT2D eigenvalue weighted by Gasteiger charge is -2.27. The summed E-state index contributed by atoms with van der Waals surface area (Å²) in [5.41, 5.74) is 2.20. The molecular formula is C21H21N3OS2. The van der Waals surface area contributed by atoms with Gasteiger partial charge >= 0.3 is 0 Å². The highest BCUT2D eigenvalue weighted by molar-refractivity contribution is 7.80. The van der Waals surface area contributed by atoms with E-state index >= 15 is 0 Å². The maximum Gasteiger partial charge on any atom is 0.170 e. The Morgan fingerprint density at radius 1 is 1.15 bits per heavy atom. The summed E-state index contributed by atoms with van der Waals surface area (Å²) in [4.78, 5) is 9.44. The first-order valence-electron chi connectivity index (χ1n) is 8.83. The summed E-state index contributed by atoms with van der Waals surface area (Å²) in [6, 6.07) is 18.7. The van der Waals surface area contributed by atoms with Crippen LogP contribution in [-0.2, 0) is 6.54 Å². The molecule has 2 atom stereocenters. The van der Waals surface area contributed by atoms with Crippen molar-refractivity contribution in [2.45, 2.75) is 25.6 Å². The van der Waals surface area contributed by atoms with Gasteiger partial charge in [-0.1, -0.05) is 18.2 Å². The fourth-order valence-electron chi connectivity index (χ4n) is 3.42. The van der Waals surface area contributed by atoms with Crippen LogP contribution in [0.1, 0.15) is 33.1 Å². The van der Waals surface area contributed by atoms with Gasteiger partial charge in [0, 0.05) is 22.5 Å². The molecule has 0 radical (unpaired) electrons. The Bertz CT molecular complexity index is 924. The Labute approximate surface area is 168 Å². The number of nitrogens with zero attached hydrogens (tertiary/aromatic N) is 2. The molecule has 1 fully saturated rings. The van der Waals surface area contributed by atoms with Gasteiger partial charge in [-0.2, -0.15) is 0 Å². The predicted octanol–water partition coefficient (Wildman–Crippen LogP) is 4.63. The Balaban J connectivity index is 1.68. The van der Waals surface area contributed by atoms with E-state index in [2.05, 4.69) is 52.5 Å². The number of benzene rings is 1. The number of methoxy groups -OCH3 is 1. The van der Waals surface area contributed by atoms with Gasteiger partial charge in [-0.3, -0.25) is 4.98 Å². The topological polar surface area (TPSA) is 37.4 Å². The zero-order valence-corrected chi connectivity index (χ0v) is 16.9. The van der Waals surface area contributed by atoms with Crippen molar-refractivity contribution in [2.75, 3.05) is 7.11 Å². The highest BCUT2D eigenvalue weighted by Crippen LogP contribution is 2.41. The second-order valence-corrected chi connectivity index (χ2v) is 8.26.